The standard InChI is InChI=1S/C14H18BrN3O/c1-9(2)7-12(16)14-17-13(18-19-14)8-10-3-5-11(15)6-4-10/h3-6,9,12H,7-8,16H2,1-2H3. The topological polar surface area (TPSA) is 64.9 Å². The molecule has 0 spiro atoms. The second-order valence-electron chi connectivity index (χ2n) is 5.09. The van der Waals surface area contributed by atoms with Crippen LogP contribution < -0.4 is 5.73 Å². The maximum absolute atomic E-state index is 6.02. The number of aromatic nitrogens is 2. The van der Waals surface area contributed by atoms with Gasteiger partial charge in [-0.25, -0.2) is 0 Å². The van der Waals surface area contributed by atoms with Crippen molar-refractivity contribution >= 4 is 15.9 Å². The lowest BCUT2D eigenvalue weighted by atomic mass is 10.0. The molecule has 0 saturated carbocycles. The quantitative estimate of drug-likeness (QED) is 0.914. The van der Waals surface area contributed by atoms with Gasteiger partial charge in [-0.15, -0.1) is 0 Å². The molecule has 5 heteroatoms. The third kappa shape index (κ3) is 4.14. The van der Waals surface area contributed by atoms with E-state index >= 15 is 0 Å². The van der Waals surface area contributed by atoms with Crippen molar-refractivity contribution in [3.05, 3.63) is 46.0 Å². The van der Waals surface area contributed by atoms with Gasteiger partial charge in [-0.1, -0.05) is 47.1 Å². The van der Waals surface area contributed by atoms with Crippen molar-refractivity contribution in [2.45, 2.75) is 32.7 Å². The van der Waals surface area contributed by atoms with Crippen LogP contribution in [0.15, 0.2) is 33.3 Å². The van der Waals surface area contributed by atoms with Gasteiger partial charge < -0.3 is 10.3 Å². The summed E-state index contributed by atoms with van der Waals surface area (Å²) in [5, 5.41) is 3.98. The molecule has 102 valence electrons. The van der Waals surface area contributed by atoms with Crippen LogP contribution in [0.2, 0.25) is 0 Å². The molecule has 4 nitrogen and oxygen atoms in total. The number of halogens is 1. The Bertz CT molecular complexity index is 522. The maximum atomic E-state index is 6.02. The zero-order valence-corrected chi connectivity index (χ0v) is 12.7. The number of nitrogens with zero attached hydrogens (tertiary/aromatic N) is 2. The first-order valence-corrected chi connectivity index (χ1v) is 7.16. The molecule has 1 aromatic heterocycles. The Morgan fingerprint density at radius 1 is 1.26 bits per heavy atom. The summed E-state index contributed by atoms with van der Waals surface area (Å²) in [5.41, 5.74) is 7.17. The Labute approximate surface area is 121 Å². The lowest BCUT2D eigenvalue weighted by molar-refractivity contribution is 0.333. The molecule has 0 radical (unpaired) electrons. The highest BCUT2D eigenvalue weighted by molar-refractivity contribution is 9.10. The summed E-state index contributed by atoms with van der Waals surface area (Å²) < 4.78 is 6.29. The van der Waals surface area contributed by atoms with Crippen LogP contribution in [-0.2, 0) is 6.42 Å². The summed E-state index contributed by atoms with van der Waals surface area (Å²) in [7, 11) is 0. The molecule has 1 aromatic carbocycles. The minimum Gasteiger partial charge on any atom is -0.338 e. The van der Waals surface area contributed by atoms with Crippen LogP contribution >= 0.6 is 15.9 Å². The van der Waals surface area contributed by atoms with E-state index < -0.39 is 0 Å². The summed E-state index contributed by atoms with van der Waals surface area (Å²) >= 11 is 3.41. The fourth-order valence-corrected chi connectivity index (χ4v) is 2.15. The first-order chi connectivity index (χ1) is 9.04. The van der Waals surface area contributed by atoms with E-state index in [2.05, 4.69) is 39.9 Å². The summed E-state index contributed by atoms with van der Waals surface area (Å²) in [6, 6.07) is 7.90. The summed E-state index contributed by atoms with van der Waals surface area (Å²) in [4.78, 5) is 4.37. The molecule has 2 N–H and O–H groups in total. The maximum Gasteiger partial charge on any atom is 0.243 e. The Kier molecular flexibility index (Phi) is 4.71. The Balaban J connectivity index is 2.02. The first-order valence-electron chi connectivity index (χ1n) is 6.37. The molecule has 0 fully saturated rings. The third-order valence-corrected chi connectivity index (χ3v) is 3.33. The molecular weight excluding hydrogens is 306 g/mol. The molecule has 1 heterocycles. The van der Waals surface area contributed by atoms with Crippen LogP contribution in [0, 0.1) is 5.92 Å². The predicted octanol–water partition coefficient (Wildman–Crippen LogP) is 3.47. The summed E-state index contributed by atoms with van der Waals surface area (Å²) in [6.45, 7) is 4.25. The van der Waals surface area contributed by atoms with Crippen LogP contribution in [0.25, 0.3) is 0 Å². The van der Waals surface area contributed by atoms with Crippen LogP contribution in [0.3, 0.4) is 0 Å². The zero-order valence-electron chi connectivity index (χ0n) is 11.1. The number of hydrogen-bond acceptors (Lipinski definition) is 4. The number of rotatable bonds is 5. The van der Waals surface area contributed by atoms with Gasteiger partial charge >= 0.3 is 0 Å². The van der Waals surface area contributed by atoms with Crippen molar-refractivity contribution in [3.8, 4) is 0 Å². The van der Waals surface area contributed by atoms with Crippen molar-refractivity contribution in [1.29, 1.82) is 0 Å². The van der Waals surface area contributed by atoms with Crippen LogP contribution in [0.5, 0.6) is 0 Å². The van der Waals surface area contributed by atoms with Crippen molar-refractivity contribution in [3.63, 3.8) is 0 Å². The van der Waals surface area contributed by atoms with Crippen molar-refractivity contribution in [1.82, 2.24) is 10.1 Å². The van der Waals surface area contributed by atoms with Crippen LogP contribution in [-0.4, -0.2) is 10.1 Å². The van der Waals surface area contributed by atoms with Gasteiger partial charge in [0.1, 0.15) is 0 Å². The van der Waals surface area contributed by atoms with Gasteiger partial charge in [0.05, 0.1) is 6.04 Å². The molecule has 0 aliphatic heterocycles. The third-order valence-electron chi connectivity index (χ3n) is 2.80. The average molecular weight is 324 g/mol. The molecule has 2 rings (SSSR count). The van der Waals surface area contributed by atoms with Gasteiger partial charge in [0.2, 0.25) is 5.89 Å². The molecular formula is C14H18BrN3O. The van der Waals surface area contributed by atoms with E-state index in [0.717, 1.165) is 16.5 Å². The van der Waals surface area contributed by atoms with E-state index in [0.29, 0.717) is 24.1 Å². The molecule has 0 amide bonds. The van der Waals surface area contributed by atoms with Gasteiger partial charge in [0.15, 0.2) is 5.82 Å². The molecule has 2 aromatic rings. The SMILES string of the molecule is CC(C)CC(N)c1nc(Cc2ccc(Br)cc2)no1. The highest BCUT2D eigenvalue weighted by Gasteiger charge is 2.16. The second kappa shape index (κ2) is 6.30. The van der Waals surface area contributed by atoms with Crippen molar-refractivity contribution in [2.24, 2.45) is 11.7 Å². The van der Waals surface area contributed by atoms with Crippen molar-refractivity contribution in [2.75, 3.05) is 0 Å². The van der Waals surface area contributed by atoms with Gasteiger partial charge in [-0.05, 0) is 30.0 Å². The molecule has 0 aliphatic rings. The van der Waals surface area contributed by atoms with E-state index in [9.17, 15) is 0 Å². The lowest BCUT2D eigenvalue weighted by Crippen LogP contribution is -2.13. The van der Waals surface area contributed by atoms with Crippen molar-refractivity contribution < 1.29 is 4.52 Å². The molecule has 1 atom stereocenters. The molecule has 0 bridgehead atoms. The minimum absolute atomic E-state index is 0.175. The smallest absolute Gasteiger partial charge is 0.243 e. The molecule has 0 saturated heterocycles. The highest BCUT2D eigenvalue weighted by Crippen LogP contribution is 2.18. The van der Waals surface area contributed by atoms with E-state index in [4.69, 9.17) is 10.3 Å². The zero-order chi connectivity index (χ0) is 13.8. The Morgan fingerprint density at radius 3 is 2.58 bits per heavy atom. The van der Waals surface area contributed by atoms with Crippen LogP contribution in [0.1, 0.15) is 43.6 Å². The predicted molar refractivity (Wildman–Crippen MR) is 77.6 cm³/mol. The number of hydrogen-bond donors (Lipinski definition) is 1. The largest absolute Gasteiger partial charge is 0.338 e. The minimum atomic E-state index is -0.175. The first kappa shape index (κ1) is 14.2. The average Bonchev–Trinajstić information content (AvgIpc) is 2.80. The summed E-state index contributed by atoms with van der Waals surface area (Å²) in [5.74, 6) is 1.72. The number of nitrogens with two attached hydrogens (primary N) is 1. The fraction of sp³-hybridized carbons (Fsp3) is 0.429. The van der Waals surface area contributed by atoms with E-state index in [1.54, 1.807) is 0 Å². The fourth-order valence-electron chi connectivity index (χ4n) is 1.88. The monoisotopic (exact) mass is 323 g/mol. The van der Waals surface area contributed by atoms with E-state index in [1.165, 1.54) is 0 Å². The lowest BCUT2D eigenvalue weighted by Gasteiger charge is -2.08. The summed E-state index contributed by atoms with van der Waals surface area (Å²) in [6.07, 6.45) is 1.51. The van der Waals surface area contributed by atoms with Gasteiger partial charge in [-0.2, -0.15) is 4.98 Å². The molecule has 1 unspecified atom stereocenters. The highest BCUT2D eigenvalue weighted by atomic mass is 79.9. The Morgan fingerprint density at radius 2 is 1.95 bits per heavy atom. The van der Waals surface area contributed by atoms with Gasteiger partial charge in [0, 0.05) is 10.9 Å². The second-order valence-corrected chi connectivity index (χ2v) is 6.00. The molecule has 0 aliphatic carbocycles. The number of benzene rings is 1. The molecule has 19 heavy (non-hydrogen) atoms. The van der Waals surface area contributed by atoms with E-state index in [1.807, 2.05) is 24.3 Å². The normalized spacial score (nSPS) is 12.9. The Hall–Kier alpha value is -1.20. The van der Waals surface area contributed by atoms with Gasteiger partial charge in [0.25, 0.3) is 0 Å². The van der Waals surface area contributed by atoms with Gasteiger partial charge in [-0.3, -0.25) is 0 Å². The van der Waals surface area contributed by atoms with E-state index in [-0.39, 0.29) is 6.04 Å². The van der Waals surface area contributed by atoms with Crippen LogP contribution in [0.4, 0.5) is 0 Å².